The van der Waals surface area contributed by atoms with Gasteiger partial charge in [0, 0.05) is 6.04 Å². The molecule has 0 atom stereocenters. The second kappa shape index (κ2) is 10.8. The molecule has 1 fully saturated rings. The second-order valence-corrected chi connectivity index (χ2v) is 6.04. The Hall–Kier alpha value is -0.0800. The van der Waals surface area contributed by atoms with Gasteiger partial charge >= 0.3 is 0 Å². The maximum absolute atomic E-state index is 5.62. The van der Waals surface area contributed by atoms with Gasteiger partial charge in [-0.3, -0.25) is 0 Å². The van der Waals surface area contributed by atoms with Crippen molar-refractivity contribution in [3.8, 4) is 0 Å². The zero-order chi connectivity index (χ0) is 13.1. The van der Waals surface area contributed by atoms with E-state index < -0.39 is 0 Å². The highest BCUT2D eigenvalue weighted by atomic mass is 15.1. The molecule has 2 heteroatoms. The Labute approximate surface area is 114 Å². The van der Waals surface area contributed by atoms with Gasteiger partial charge in [0.2, 0.25) is 0 Å². The third kappa shape index (κ3) is 7.38. The van der Waals surface area contributed by atoms with E-state index in [1.54, 1.807) is 0 Å². The molecule has 0 unspecified atom stereocenters. The van der Waals surface area contributed by atoms with Crippen LogP contribution in [0.2, 0.25) is 0 Å². The van der Waals surface area contributed by atoms with Crippen molar-refractivity contribution in [1.82, 2.24) is 4.90 Å². The van der Waals surface area contributed by atoms with Gasteiger partial charge in [-0.15, -0.1) is 0 Å². The van der Waals surface area contributed by atoms with Crippen molar-refractivity contribution < 1.29 is 0 Å². The zero-order valence-electron chi connectivity index (χ0n) is 12.5. The lowest BCUT2D eigenvalue weighted by molar-refractivity contribution is 0.207. The Balaban J connectivity index is 2.30. The van der Waals surface area contributed by atoms with Gasteiger partial charge in [-0.05, 0) is 39.4 Å². The van der Waals surface area contributed by atoms with E-state index in [4.69, 9.17) is 5.73 Å². The minimum absolute atomic E-state index is 0.816. The van der Waals surface area contributed by atoms with Crippen LogP contribution in [-0.4, -0.2) is 31.1 Å². The summed E-state index contributed by atoms with van der Waals surface area (Å²) in [6.45, 7) is 2.01. The predicted molar refractivity (Wildman–Crippen MR) is 80.9 cm³/mol. The number of nitrogens with two attached hydrogens (primary N) is 1. The summed E-state index contributed by atoms with van der Waals surface area (Å²) in [7, 11) is 2.30. The lowest BCUT2D eigenvalue weighted by Gasteiger charge is -2.28. The third-order valence-corrected chi connectivity index (χ3v) is 4.41. The van der Waals surface area contributed by atoms with Crippen molar-refractivity contribution in [2.45, 2.75) is 83.1 Å². The molecule has 0 saturated heterocycles. The highest BCUT2D eigenvalue weighted by Gasteiger charge is 2.14. The molecule has 0 heterocycles. The van der Waals surface area contributed by atoms with Gasteiger partial charge in [0.15, 0.2) is 0 Å². The predicted octanol–water partition coefficient (Wildman–Crippen LogP) is 3.94. The van der Waals surface area contributed by atoms with Gasteiger partial charge in [-0.1, -0.05) is 57.8 Å². The fourth-order valence-corrected chi connectivity index (χ4v) is 3.11. The molecule has 18 heavy (non-hydrogen) atoms. The van der Waals surface area contributed by atoms with Gasteiger partial charge in [-0.2, -0.15) is 0 Å². The topological polar surface area (TPSA) is 29.3 Å². The molecule has 0 aromatic carbocycles. The van der Waals surface area contributed by atoms with Crippen LogP contribution in [0.1, 0.15) is 77.0 Å². The first-order valence-corrected chi connectivity index (χ1v) is 8.25. The summed E-state index contributed by atoms with van der Waals surface area (Å²) in [5.74, 6) is 0. The molecule has 0 radical (unpaired) electrons. The quantitative estimate of drug-likeness (QED) is 0.823. The van der Waals surface area contributed by atoms with Crippen LogP contribution in [0, 0.1) is 0 Å². The molecule has 2 N–H and O–H groups in total. The van der Waals surface area contributed by atoms with E-state index in [2.05, 4.69) is 11.9 Å². The lowest BCUT2D eigenvalue weighted by Crippen LogP contribution is -2.33. The van der Waals surface area contributed by atoms with Crippen LogP contribution in [-0.2, 0) is 0 Å². The molecule has 1 aliphatic carbocycles. The Bertz CT molecular complexity index is 170. The summed E-state index contributed by atoms with van der Waals surface area (Å²) < 4.78 is 0. The van der Waals surface area contributed by atoms with Gasteiger partial charge < -0.3 is 10.6 Å². The minimum Gasteiger partial charge on any atom is -0.330 e. The molecular formula is C16H34N2. The number of rotatable bonds is 4. The van der Waals surface area contributed by atoms with Crippen LogP contribution < -0.4 is 5.73 Å². The summed E-state index contributed by atoms with van der Waals surface area (Å²) in [4.78, 5) is 2.57. The number of hydrogen-bond donors (Lipinski definition) is 1. The molecule has 0 spiro atoms. The third-order valence-electron chi connectivity index (χ3n) is 4.41. The first kappa shape index (κ1) is 16.0. The van der Waals surface area contributed by atoms with E-state index in [0.29, 0.717) is 0 Å². The molecule has 1 rings (SSSR count). The summed E-state index contributed by atoms with van der Waals surface area (Å²) in [6.07, 6.45) is 17.0. The summed E-state index contributed by atoms with van der Waals surface area (Å²) in [6, 6.07) is 0.816. The lowest BCUT2D eigenvalue weighted by atomic mass is 9.97. The van der Waals surface area contributed by atoms with Crippen LogP contribution in [0.15, 0.2) is 0 Å². The normalized spacial score (nSPS) is 21.5. The van der Waals surface area contributed by atoms with Crippen LogP contribution in [0.3, 0.4) is 0 Å². The summed E-state index contributed by atoms with van der Waals surface area (Å²) in [5, 5.41) is 0. The van der Waals surface area contributed by atoms with E-state index in [-0.39, 0.29) is 0 Å². The van der Waals surface area contributed by atoms with E-state index in [9.17, 15) is 0 Å². The van der Waals surface area contributed by atoms with Crippen molar-refractivity contribution in [3.05, 3.63) is 0 Å². The first-order chi connectivity index (χ1) is 8.84. The smallest absolute Gasteiger partial charge is 0.00922 e. The summed E-state index contributed by atoms with van der Waals surface area (Å²) >= 11 is 0. The molecule has 0 aliphatic heterocycles. The average molecular weight is 254 g/mol. The minimum atomic E-state index is 0.816. The molecule has 1 aliphatic rings. The molecular weight excluding hydrogens is 220 g/mol. The van der Waals surface area contributed by atoms with Crippen molar-refractivity contribution in [1.29, 1.82) is 0 Å². The van der Waals surface area contributed by atoms with Crippen LogP contribution in [0.25, 0.3) is 0 Å². The van der Waals surface area contributed by atoms with Crippen molar-refractivity contribution >= 4 is 0 Å². The van der Waals surface area contributed by atoms with E-state index >= 15 is 0 Å². The number of hydrogen-bond acceptors (Lipinski definition) is 2. The molecule has 2 nitrogen and oxygen atoms in total. The fourth-order valence-electron chi connectivity index (χ4n) is 3.11. The van der Waals surface area contributed by atoms with Crippen molar-refractivity contribution in [2.24, 2.45) is 5.73 Å². The van der Waals surface area contributed by atoms with Crippen molar-refractivity contribution in [3.63, 3.8) is 0 Å². The Morgan fingerprint density at radius 2 is 1.28 bits per heavy atom. The second-order valence-electron chi connectivity index (χ2n) is 6.04. The van der Waals surface area contributed by atoms with Gasteiger partial charge in [-0.25, -0.2) is 0 Å². The highest BCUT2D eigenvalue weighted by molar-refractivity contribution is 4.70. The molecule has 0 aromatic rings. The maximum atomic E-state index is 5.62. The highest BCUT2D eigenvalue weighted by Crippen LogP contribution is 2.19. The molecule has 1 saturated carbocycles. The van der Waals surface area contributed by atoms with Crippen LogP contribution in [0.4, 0.5) is 0 Å². The van der Waals surface area contributed by atoms with E-state index in [1.807, 2.05) is 0 Å². The van der Waals surface area contributed by atoms with Gasteiger partial charge in [0.25, 0.3) is 0 Å². The average Bonchev–Trinajstić information content (AvgIpc) is 2.36. The van der Waals surface area contributed by atoms with Gasteiger partial charge in [0.1, 0.15) is 0 Å². The van der Waals surface area contributed by atoms with Gasteiger partial charge in [0.05, 0.1) is 0 Å². The molecule has 0 amide bonds. The fraction of sp³-hybridized carbons (Fsp3) is 1.00. The molecule has 0 aromatic heterocycles. The summed E-state index contributed by atoms with van der Waals surface area (Å²) in [5.41, 5.74) is 5.62. The standard InChI is InChI=1S/C16H34N2/c1-18(15-11-14-17)16-12-9-7-5-3-2-4-6-8-10-13-16/h16H,2-15,17H2,1H3. The monoisotopic (exact) mass is 254 g/mol. The zero-order valence-corrected chi connectivity index (χ0v) is 12.5. The Morgan fingerprint density at radius 3 is 1.72 bits per heavy atom. The SMILES string of the molecule is CN(CCCN)C1CCCCCCCCCCC1. The van der Waals surface area contributed by atoms with E-state index in [1.165, 1.54) is 77.2 Å². The van der Waals surface area contributed by atoms with Crippen molar-refractivity contribution in [2.75, 3.05) is 20.1 Å². The largest absolute Gasteiger partial charge is 0.330 e. The maximum Gasteiger partial charge on any atom is 0.00922 e. The van der Waals surface area contributed by atoms with E-state index in [0.717, 1.165) is 19.0 Å². The Morgan fingerprint density at radius 1 is 0.833 bits per heavy atom. The molecule has 108 valence electrons. The van der Waals surface area contributed by atoms with Crippen LogP contribution >= 0.6 is 0 Å². The molecule has 0 bridgehead atoms. The first-order valence-electron chi connectivity index (χ1n) is 8.25. The Kier molecular flexibility index (Phi) is 9.59. The number of nitrogens with zero attached hydrogens (tertiary/aromatic N) is 1. The van der Waals surface area contributed by atoms with Crippen LogP contribution in [0.5, 0.6) is 0 Å².